The van der Waals surface area contributed by atoms with Crippen molar-refractivity contribution in [1.29, 1.82) is 0 Å². The van der Waals surface area contributed by atoms with Crippen LogP contribution in [0.2, 0.25) is 0 Å². The van der Waals surface area contributed by atoms with E-state index in [1.807, 2.05) is 30.3 Å². The van der Waals surface area contributed by atoms with Gasteiger partial charge in [0.1, 0.15) is 0 Å². The Labute approximate surface area is 184 Å². The SMILES string of the molecule is CCNC(=NCC1(CN2CCOCC2)CCCCC1)NCCS(=O)c1ccccc1. The zero-order chi connectivity index (χ0) is 21.1. The molecule has 1 aromatic carbocycles. The second-order valence-electron chi connectivity index (χ2n) is 8.43. The Morgan fingerprint density at radius 1 is 1.13 bits per heavy atom. The zero-order valence-corrected chi connectivity index (χ0v) is 19.2. The molecule has 1 aromatic rings. The molecule has 168 valence electrons. The highest BCUT2D eigenvalue weighted by molar-refractivity contribution is 7.85. The van der Waals surface area contributed by atoms with E-state index in [2.05, 4.69) is 22.5 Å². The molecule has 7 heteroatoms. The maximum atomic E-state index is 12.5. The van der Waals surface area contributed by atoms with Gasteiger partial charge in [0.25, 0.3) is 0 Å². The van der Waals surface area contributed by atoms with E-state index in [9.17, 15) is 4.21 Å². The molecule has 0 aromatic heterocycles. The molecule has 0 amide bonds. The number of nitrogens with zero attached hydrogens (tertiary/aromatic N) is 2. The van der Waals surface area contributed by atoms with Gasteiger partial charge in [-0.2, -0.15) is 0 Å². The largest absolute Gasteiger partial charge is 0.379 e. The van der Waals surface area contributed by atoms with Crippen LogP contribution in [0.25, 0.3) is 0 Å². The molecule has 0 bridgehead atoms. The molecular weight excluding hydrogens is 396 g/mol. The van der Waals surface area contributed by atoms with Gasteiger partial charge in [-0.25, -0.2) is 0 Å². The molecule has 1 heterocycles. The maximum absolute atomic E-state index is 12.5. The molecule has 2 fully saturated rings. The number of nitrogens with one attached hydrogen (secondary N) is 2. The first-order valence-electron chi connectivity index (χ1n) is 11.5. The highest BCUT2D eigenvalue weighted by Gasteiger charge is 2.34. The molecule has 0 radical (unpaired) electrons. The number of ether oxygens (including phenoxy) is 1. The number of hydrogen-bond donors (Lipinski definition) is 2. The number of rotatable bonds is 9. The first-order valence-corrected chi connectivity index (χ1v) is 12.8. The predicted molar refractivity (Wildman–Crippen MR) is 124 cm³/mol. The molecule has 6 nitrogen and oxygen atoms in total. The number of guanidine groups is 1. The van der Waals surface area contributed by atoms with Gasteiger partial charge >= 0.3 is 0 Å². The standard InChI is InChI=1S/C23H38N4O2S/c1-2-24-22(25-13-18-30(28)21-9-5-3-6-10-21)26-19-23(11-7-4-8-12-23)20-27-14-16-29-17-15-27/h3,5-6,9-10H,2,4,7-8,11-20H2,1H3,(H2,24,25,26). The van der Waals surface area contributed by atoms with Crippen LogP contribution in [-0.2, 0) is 15.5 Å². The van der Waals surface area contributed by atoms with E-state index in [0.29, 0.717) is 12.3 Å². The normalized spacial score (nSPS) is 21.2. The van der Waals surface area contributed by atoms with E-state index in [-0.39, 0.29) is 5.41 Å². The van der Waals surface area contributed by atoms with Gasteiger partial charge in [0.05, 0.1) is 24.0 Å². The first-order chi connectivity index (χ1) is 14.7. The first kappa shape index (κ1) is 23.2. The Kier molecular flexibility index (Phi) is 9.62. The lowest BCUT2D eigenvalue weighted by Gasteiger charge is -2.41. The van der Waals surface area contributed by atoms with Crippen molar-refractivity contribution < 1.29 is 8.95 Å². The molecule has 1 saturated heterocycles. The van der Waals surface area contributed by atoms with Crippen LogP contribution in [-0.4, -0.2) is 73.3 Å². The summed E-state index contributed by atoms with van der Waals surface area (Å²) in [6, 6.07) is 9.67. The molecule has 1 unspecified atom stereocenters. The average molecular weight is 435 g/mol. The van der Waals surface area contributed by atoms with Gasteiger partial charge in [-0.1, -0.05) is 37.5 Å². The van der Waals surface area contributed by atoms with Crippen LogP contribution in [0.4, 0.5) is 0 Å². The lowest BCUT2D eigenvalue weighted by molar-refractivity contribution is 0.00937. The van der Waals surface area contributed by atoms with Crippen LogP contribution in [0, 0.1) is 5.41 Å². The van der Waals surface area contributed by atoms with Crippen LogP contribution < -0.4 is 10.6 Å². The highest BCUT2D eigenvalue weighted by Crippen LogP contribution is 2.37. The molecule has 3 rings (SSSR count). The Bertz CT molecular complexity index is 671. The van der Waals surface area contributed by atoms with Gasteiger partial charge in [0.15, 0.2) is 5.96 Å². The number of hydrogen-bond acceptors (Lipinski definition) is 4. The van der Waals surface area contributed by atoms with Crippen molar-refractivity contribution >= 4 is 16.8 Å². The fourth-order valence-electron chi connectivity index (χ4n) is 4.44. The quantitative estimate of drug-likeness (QED) is 0.462. The van der Waals surface area contributed by atoms with E-state index in [1.165, 1.54) is 32.1 Å². The van der Waals surface area contributed by atoms with Crippen LogP contribution in [0.5, 0.6) is 0 Å². The van der Waals surface area contributed by atoms with Crippen molar-refractivity contribution in [3.8, 4) is 0 Å². The summed E-state index contributed by atoms with van der Waals surface area (Å²) in [5, 5.41) is 6.76. The fourth-order valence-corrected chi connectivity index (χ4v) is 5.43. The smallest absolute Gasteiger partial charge is 0.191 e. The topological polar surface area (TPSA) is 66.0 Å². The molecular formula is C23H38N4O2S. The molecule has 1 saturated carbocycles. The van der Waals surface area contributed by atoms with Crippen molar-refractivity contribution in [3.63, 3.8) is 0 Å². The second-order valence-corrected chi connectivity index (χ2v) is 10.0. The number of morpholine rings is 1. The lowest BCUT2D eigenvalue weighted by Crippen LogP contribution is -2.47. The summed E-state index contributed by atoms with van der Waals surface area (Å²) in [7, 11) is -0.989. The van der Waals surface area contributed by atoms with Crippen LogP contribution in [0.1, 0.15) is 39.0 Å². The minimum atomic E-state index is -0.989. The number of aliphatic imine (C=N–C) groups is 1. The summed E-state index contributed by atoms with van der Waals surface area (Å²) in [5.74, 6) is 1.42. The van der Waals surface area contributed by atoms with Crippen molar-refractivity contribution in [2.24, 2.45) is 10.4 Å². The summed E-state index contributed by atoms with van der Waals surface area (Å²) in [4.78, 5) is 8.43. The third kappa shape index (κ3) is 7.36. The Hall–Kier alpha value is -1.44. The van der Waals surface area contributed by atoms with Crippen molar-refractivity contribution in [2.45, 2.75) is 43.9 Å². The summed E-state index contributed by atoms with van der Waals surface area (Å²) in [5.41, 5.74) is 0.269. The van der Waals surface area contributed by atoms with Crippen LogP contribution in [0.15, 0.2) is 40.2 Å². The second kappa shape index (κ2) is 12.4. The summed E-state index contributed by atoms with van der Waals surface area (Å²) in [6.45, 7) is 9.30. The average Bonchev–Trinajstić information content (AvgIpc) is 2.79. The maximum Gasteiger partial charge on any atom is 0.191 e. The third-order valence-corrected chi connectivity index (χ3v) is 7.45. The Morgan fingerprint density at radius 3 is 2.57 bits per heavy atom. The molecule has 2 aliphatic rings. The molecule has 1 aliphatic carbocycles. The Balaban J connectivity index is 1.55. The van der Waals surface area contributed by atoms with Crippen molar-refractivity contribution in [3.05, 3.63) is 30.3 Å². The van der Waals surface area contributed by atoms with Crippen LogP contribution in [0.3, 0.4) is 0 Å². The third-order valence-electron chi connectivity index (χ3n) is 6.08. The number of benzene rings is 1. The summed E-state index contributed by atoms with van der Waals surface area (Å²) < 4.78 is 18.0. The van der Waals surface area contributed by atoms with E-state index in [0.717, 1.165) is 56.8 Å². The van der Waals surface area contributed by atoms with Gasteiger partial charge in [-0.3, -0.25) is 14.1 Å². The minimum absolute atomic E-state index is 0.269. The van der Waals surface area contributed by atoms with Crippen molar-refractivity contribution in [2.75, 3.05) is 58.2 Å². The minimum Gasteiger partial charge on any atom is -0.379 e. The monoisotopic (exact) mass is 434 g/mol. The highest BCUT2D eigenvalue weighted by atomic mass is 32.2. The van der Waals surface area contributed by atoms with Gasteiger partial charge < -0.3 is 15.4 Å². The summed E-state index contributed by atoms with van der Waals surface area (Å²) >= 11 is 0. The van der Waals surface area contributed by atoms with E-state index in [1.54, 1.807) is 0 Å². The zero-order valence-electron chi connectivity index (χ0n) is 18.4. The molecule has 0 spiro atoms. The van der Waals surface area contributed by atoms with Gasteiger partial charge in [-0.05, 0) is 31.9 Å². The van der Waals surface area contributed by atoms with E-state index in [4.69, 9.17) is 9.73 Å². The predicted octanol–water partition coefficient (Wildman–Crippen LogP) is 2.63. The van der Waals surface area contributed by atoms with Gasteiger partial charge in [-0.15, -0.1) is 0 Å². The van der Waals surface area contributed by atoms with E-state index >= 15 is 0 Å². The molecule has 30 heavy (non-hydrogen) atoms. The van der Waals surface area contributed by atoms with E-state index < -0.39 is 10.8 Å². The van der Waals surface area contributed by atoms with Crippen LogP contribution >= 0.6 is 0 Å². The lowest BCUT2D eigenvalue weighted by atomic mass is 9.73. The fraction of sp³-hybridized carbons (Fsp3) is 0.696. The Morgan fingerprint density at radius 2 is 1.87 bits per heavy atom. The molecule has 1 aliphatic heterocycles. The summed E-state index contributed by atoms with van der Waals surface area (Å²) in [6.07, 6.45) is 6.47. The van der Waals surface area contributed by atoms with Gasteiger partial charge in [0, 0.05) is 55.3 Å². The van der Waals surface area contributed by atoms with Gasteiger partial charge in [0.2, 0.25) is 0 Å². The van der Waals surface area contributed by atoms with Crippen molar-refractivity contribution in [1.82, 2.24) is 15.5 Å². The molecule has 1 atom stereocenters. The molecule has 2 N–H and O–H groups in total.